The quantitative estimate of drug-likeness (QED) is 0.663. The minimum atomic E-state index is -5.07. The zero-order valence-corrected chi connectivity index (χ0v) is 10.1. The van der Waals surface area contributed by atoms with Crippen molar-refractivity contribution in [1.29, 1.82) is 0 Å². The smallest absolute Gasteiger partial charge is 0.294 e. The Morgan fingerprint density at radius 2 is 1.58 bits per heavy atom. The second-order valence-corrected chi connectivity index (χ2v) is 5.15. The van der Waals surface area contributed by atoms with Crippen LogP contribution >= 0.6 is 0 Å². The summed E-state index contributed by atoms with van der Waals surface area (Å²) in [5.41, 5.74) is -0.204. The maximum absolute atomic E-state index is 11.9. The third-order valence-corrected chi connectivity index (χ3v) is 3.07. The van der Waals surface area contributed by atoms with Crippen molar-refractivity contribution in [1.82, 2.24) is 0 Å². The molecule has 0 amide bonds. The van der Waals surface area contributed by atoms with Gasteiger partial charge >= 0.3 is 6.18 Å². The van der Waals surface area contributed by atoms with Crippen LogP contribution in [0.25, 0.3) is 0 Å². The SMILES string of the molecule is NS(=O)(=O)c1ccc(C(=O)CC(=O)C(F)(F)F)cc1. The monoisotopic (exact) mass is 295 g/mol. The minimum Gasteiger partial charge on any atom is -0.294 e. The Morgan fingerprint density at radius 3 is 1.95 bits per heavy atom. The van der Waals surface area contributed by atoms with Crippen LogP contribution in [0.4, 0.5) is 13.2 Å². The fourth-order valence-electron chi connectivity index (χ4n) is 1.18. The largest absolute Gasteiger partial charge is 0.450 e. The molecule has 0 spiro atoms. The highest BCUT2D eigenvalue weighted by molar-refractivity contribution is 7.89. The average molecular weight is 295 g/mol. The van der Waals surface area contributed by atoms with Crippen molar-refractivity contribution in [3.8, 4) is 0 Å². The van der Waals surface area contributed by atoms with Crippen LogP contribution in [0.5, 0.6) is 0 Å². The van der Waals surface area contributed by atoms with E-state index in [1.54, 1.807) is 0 Å². The zero-order chi connectivity index (χ0) is 14.8. The van der Waals surface area contributed by atoms with Gasteiger partial charge in [-0.25, -0.2) is 13.6 Å². The first-order valence-corrected chi connectivity index (χ1v) is 6.32. The second-order valence-electron chi connectivity index (χ2n) is 3.59. The Bertz CT molecular complexity index is 605. The number of sulfonamides is 1. The van der Waals surface area contributed by atoms with Gasteiger partial charge in [0.1, 0.15) is 0 Å². The van der Waals surface area contributed by atoms with Crippen molar-refractivity contribution in [2.45, 2.75) is 17.5 Å². The number of alkyl halides is 3. The van der Waals surface area contributed by atoms with E-state index in [9.17, 15) is 31.2 Å². The van der Waals surface area contributed by atoms with Crippen molar-refractivity contribution >= 4 is 21.6 Å². The fourth-order valence-corrected chi connectivity index (χ4v) is 1.69. The number of halogens is 3. The first-order chi connectivity index (χ1) is 8.51. The van der Waals surface area contributed by atoms with Crippen LogP contribution in [0, 0.1) is 0 Å². The summed E-state index contributed by atoms with van der Waals surface area (Å²) in [7, 11) is -3.95. The molecule has 9 heteroatoms. The van der Waals surface area contributed by atoms with Crippen molar-refractivity contribution in [2.75, 3.05) is 0 Å². The lowest BCUT2D eigenvalue weighted by molar-refractivity contribution is -0.170. The number of nitrogens with two attached hydrogens (primary N) is 1. The number of hydrogen-bond donors (Lipinski definition) is 1. The molecular formula is C10H8F3NO4S. The predicted molar refractivity (Wildman–Crippen MR) is 57.8 cm³/mol. The molecule has 2 N–H and O–H groups in total. The lowest BCUT2D eigenvalue weighted by atomic mass is 10.1. The van der Waals surface area contributed by atoms with E-state index in [0.717, 1.165) is 24.3 Å². The lowest BCUT2D eigenvalue weighted by Crippen LogP contribution is -2.25. The number of carbonyl (C=O) groups excluding carboxylic acids is 2. The highest BCUT2D eigenvalue weighted by Gasteiger charge is 2.39. The number of carbonyl (C=O) groups is 2. The minimum absolute atomic E-state index is 0.204. The van der Waals surface area contributed by atoms with E-state index in [0.29, 0.717) is 0 Å². The summed E-state index contributed by atoms with van der Waals surface area (Å²) in [6.07, 6.45) is -6.39. The molecule has 0 aliphatic rings. The van der Waals surface area contributed by atoms with Crippen molar-refractivity contribution in [2.24, 2.45) is 5.14 Å². The number of hydrogen-bond acceptors (Lipinski definition) is 4. The van der Waals surface area contributed by atoms with E-state index in [4.69, 9.17) is 5.14 Å². The fraction of sp³-hybridized carbons (Fsp3) is 0.200. The molecule has 104 valence electrons. The Labute approximate surface area is 106 Å². The van der Waals surface area contributed by atoms with E-state index in [2.05, 4.69) is 0 Å². The highest BCUT2D eigenvalue weighted by atomic mass is 32.2. The van der Waals surface area contributed by atoms with Gasteiger partial charge in [0.05, 0.1) is 11.3 Å². The number of ketones is 2. The third kappa shape index (κ3) is 4.14. The van der Waals surface area contributed by atoms with Crippen molar-refractivity contribution in [3.05, 3.63) is 29.8 Å². The molecule has 0 saturated carbocycles. The third-order valence-electron chi connectivity index (χ3n) is 2.14. The molecule has 0 heterocycles. The van der Waals surface area contributed by atoms with E-state index in [1.165, 1.54) is 0 Å². The second kappa shape index (κ2) is 5.10. The Morgan fingerprint density at radius 1 is 1.11 bits per heavy atom. The van der Waals surface area contributed by atoms with Crippen LogP contribution in [0.15, 0.2) is 29.2 Å². The number of Topliss-reactive ketones (excluding diaryl/α,β-unsaturated/α-hetero) is 2. The molecule has 0 atom stereocenters. The van der Waals surface area contributed by atoms with Gasteiger partial charge in [-0.15, -0.1) is 0 Å². The molecule has 0 bridgehead atoms. The molecule has 0 saturated heterocycles. The summed E-state index contributed by atoms with van der Waals surface area (Å²) < 4.78 is 57.7. The number of benzene rings is 1. The molecule has 0 fully saturated rings. The predicted octanol–water partition coefficient (Wildman–Crippen LogP) is 1.04. The summed E-state index contributed by atoms with van der Waals surface area (Å²) in [5, 5.41) is 4.81. The average Bonchev–Trinajstić information content (AvgIpc) is 2.26. The summed E-state index contributed by atoms with van der Waals surface area (Å²) in [6.45, 7) is 0. The van der Waals surface area contributed by atoms with Crippen LogP contribution in [0.3, 0.4) is 0 Å². The van der Waals surface area contributed by atoms with Gasteiger partial charge in [-0.3, -0.25) is 9.59 Å². The standard InChI is InChI=1S/C10H8F3NO4S/c11-10(12,13)9(16)5-8(15)6-1-3-7(4-2-6)19(14,17)18/h1-4H,5H2,(H2,14,17,18). The summed E-state index contributed by atoms with van der Waals surface area (Å²) >= 11 is 0. The maximum Gasteiger partial charge on any atom is 0.450 e. The van der Waals surface area contributed by atoms with Gasteiger partial charge in [-0.1, -0.05) is 12.1 Å². The molecule has 0 aliphatic heterocycles. The van der Waals surface area contributed by atoms with Crippen LogP contribution in [0.1, 0.15) is 16.8 Å². The van der Waals surface area contributed by atoms with Crippen LogP contribution in [0.2, 0.25) is 0 Å². The molecule has 1 aromatic carbocycles. The van der Waals surface area contributed by atoms with Gasteiger partial charge in [0.15, 0.2) is 5.78 Å². The summed E-state index contributed by atoms with van der Waals surface area (Å²) in [4.78, 5) is 21.7. The van der Waals surface area contributed by atoms with Gasteiger partial charge in [0.2, 0.25) is 15.8 Å². The molecule has 5 nitrogen and oxygen atoms in total. The van der Waals surface area contributed by atoms with Crippen LogP contribution < -0.4 is 5.14 Å². The number of rotatable bonds is 4. The van der Waals surface area contributed by atoms with Crippen molar-refractivity contribution in [3.63, 3.8) is 0 Å². The lowest BCUT2D eigenvalue weighted by Gasteiger charge is -2.05. The molecule has 1 aromatic rings. The van der Waals surface area contributed by atoms with Gasteiger partial charge in [-0.05, 0) is 12.1 Å². The first-order valence-electron chi connectivity index (χ1n) is 4.78. The Kier molecular flexibility index (Phi) is 4.11. The molecule has 1 rings (SSSR count). The zero-order valence-electron chi connectivity index (χ0n) is 9.27. The van der Waals surface area contributed by atoms with Crippen LogP contribution in [-0.2, 0) is 14.8 Å². The molecule has 19 heavy (non-hydrogen) atoms. The topological polar surface area (TPSA) is 94.3 Å². The van der Waals surface area contributed by atoms with Gasteiger partial charge < -0.3 is 0 Å². The molecule has 0 radical (unpaired) electrons. The van der Waals surface area contributed by atoms with Crippen molar-refractivity contribution < 1.29 is 31.2 Å². The van der Waals surface area contributed by atoms with E-state index >= 15 is 0 Å². The normalized spacial score (nSPS) is 12.2. The van der Waals surface area contributed by atoms with E-state index in [1.807, 2.05) is 0 Å². The maximum atomic E-state index is 11.9. The molecular weight excluding hydrogens is 287 g/mol. The van der Waals surface area contributed by atoms with Gasteiger partial charge in [0.25, 0.3) is 0 Å². The highest BCUT2D eigenvalue weighted by Crippen LogP contribution is 2.19. The van der Waals surface area contributed by atoms with E-state index in [-0.39, 0.29) is 10.5 Å². The molecule has 0 aromatic heterocycles. The van der Waals surface area contributed by atoms with E-state index < -0.39 is 34.2 Å². The summed E-state index contributed by atoms with van der Waals surface area (Å²) in [5.74, 6) is -3.21. The molecule has 0 aliphatic carbocycles. The number of primary sulfonamides is 1. The molecule has 0 unspecified atom stereocenters. The van der Waals surface area contributed by atoms with Gasteiger partial charge in [0, 0.05) is 5.56 Å². The Hall–Kier alpha value is -1.74. The Balaban J connectivity index is 2.88. The van der Waals surface area contributed by atoms with Crippen LogP contribution in [-0.4, -0.2) is 26.2 Å². The van der Waals surface area contributed by atoms with Gasteiger partial charge in [-0.2, -0.15) is 13.2 Å². The first kappa shape index (κ1) is 15.3. The summed E-state index contributed by atoms with van der Waals surface area (Å²) in [6, 6.07) is 3.93.